The van der Waals surface area contributed by atoms with E-state index in [1.54, 1.807) is 37.2 Å². The molecule has 2 aromatic heterocycles. The third-order valence-electron chi connectivity index (χ3n) is 7.82. The first-order valence-corrected chi connectivity index (χ1v) is 14.3. The van der Waals surface area contributed by atoms with E-state index in [1.165, 1.54) is 11.0 Å². The number of aryl methyl sites for hydroxylation is 1. The number of nitrogens with zero attached hydrogens (tertiary/aromatic N) is 6. The number of benzene rings is 2. The van der Waals surface area contributed by atoms with E-state index >= 15 is 4.39 Å². The van der Waals surface area contributed by atoms with Gasteiger partial charge in [-0.3, -0.25) is 9.59 Å². The molecule has 3 heterocycles. The van der Waals surface area contributed by atoms with Gasteiger partial charge in [-0.1, -0.05) is 29.4 Å². The van der Waals surface area contributed by atoms with Crippen LogP contribution in [0.3, 0.4) is 0 Å². The van der Waals surface area contributed by atoms with Crippen LogP contribution in [0.25, 0.3) is 33.0 Å². The van der Waals surface area contributed by atoms with Crippen molar-refractivity contribution in [3.8, 4) is 11.1 Å². The number of carbonyl (C=O) groups is 2. The Labute approximate surface area is 253 Å². The number of hydrogen-bond donors (Lipinski definition) is 2. The quantitative estimate of drug-likeness (QED) is 0.288. The summed E-state index contributed by atoms with van der Waals surface area (Å²) in [5.41, 5.74) is 7.89. The van der Waals surface area contributed by atoms with E-state index in [4.69, 9.17) is 26.8 Å². The first-order chi connectivity index (χ1) is 20.4. The minimum Gasteiger partial charge on any atom is -0.380 e. The van der Waals surface area contributed by atoms with Crippen LogP contribution in [0.5, 0.6) is 0 Å². The number of halogens is 2. The van der Waals surface area contributed by atoms with Crippen LogP contribution in [-0.4, -0.2) is 82.6 Å². The van der Waals surface area contributed by atoms with Gasteiger partial charge in [0, 0.05) is 68.7 Å². The molecule has 1 fully saturated rings. The van der Waals surface area contributed by atoms with Crippen molar-refractivity contribution >= 4 is 62.9 Å². The number of fused-ring (bicyclic) bond motifs is 2. The SMILES string of the molecule is C=CC(=O)N1C[C@H](C)N(c2nc(NCCC(=O)N(C)C)nc3c(F)c(-c4c(C)ccc5onc(N)c45)c(Cl)cc23)C[C@H]1C. The third-order valence-corrected chi connectivity index (χ3v) is 8.12. The van der Waals surface area contributed by atoms with Crippen LogP contribution in [0.4, 0.5) is 22.0 Å². The summed E-state index contributed by atoms with van der Waals surface area (Å²) in [6.07, 6.45) is 1.50. The van der Waals surface area contributed by atoms with Crippen LogP contribution >= 0.6 is 11.6 Å². The third kappa shape index (κ3) is 5.42. The maximum atomic E-state index is 16.8. The van der Waals surface area contributed by atoms with E-state index in [9.17, 15) is 9.59 Å². The lowest BCUT2D eigenvalue weighted by molar-refractivity contribution is -0.129. The highest BCUT2D eigenvalue weighted by Gasteiger charge is 2.34. The van der Waals surface area contributed by atoms with E-state index < -0.39 is 5.82 Å². The molecule has 2 atom stereocenters. The molecule has 1 aliphatic heterocycles. The average molecular weight is 609 g/mol. The van der Waals surface area contributed by atoms with Gasteiger partial charge in [0.25, 0.3) is 0 Å². The highest BCUT2D eigenvalue weighted by Crippen LogP contribution is 2.44. The van der Waals surface area contributed by atoms with Crippen LogP contribution in [0.2, 0.25) is 5.02 Å². The van der Waals surface area contributed by atoms with Crippen molar-refractivity contribution in [1.29, 1.82) is 0 Å². The molecule has 226 valence electrons. The molecule has 5 rings (SSSR count). The summed E-state index contributed by atoms with van der Waals surface area (Å²) in [5, 5.41) is 7.97. The Morgan fingerprint density at radius 1 is 1.23 bits per heavy atom. The number of nitrogens with two attached hydrogens (primary N) is 1. The number of piperazine rings is 1. The number of amides is 2. The van der Waals surface area contributed by atoms with Gasteiger partial charge in [0.1, 0.15) is 11.3 Å². The second-order valence-electron chi connectivity index (χ2n) is 11.0. The van der Waals surface area contributed by atoms with Gasteiger partial charge in [-0.25, -0.2) is 9.37 Å². The molecule has 2 amide bonds. The normalized spacial score (nSPS) is 17.0. The summed E-state index contributed by atoms with van der Waals surface area (Å²) in [7, 11) is 3.36. The molecule has 3 N–H and O–H groups in total. The Balaban J connectivity index is 1.69. The summed E-state index contributed by atoms with van der Waals surface area (Å²) in [6.45, 7) is 10.4. The van der Waals surface area contributed by atoms with Crippen LogP contribution in [0.1, 0.15) is 25.8 Å². The number of rotatable bonds is 7. The van der Waals surface area contributed by atoms with Crippen molar-refractivity contribution in [3.05, 3.63) is 47.3 Å². The molecule has 0 bridgehead atoms. The Hall–Kier alpha value is -4.45. The van der Waals surface area contributed by atoms with Gasteiger partial charge in [-0.15, -0.1) is 0 Å². The van der Waals surface area contributed by atoms with Crippen molar-refractivity contribution in [2.24, 2.45) is 0 Å². The van der Waals surface area contributed by atoms with E-state index in [0.29, 0.717) is 40.8 Å². The predicted octanol–water partition coefficient (Wildman–Crippen LogP) is 4.62. The maximum Gasteiger partial charge on any atom is 0.246 e. The molecule has 13 heteroatoms. The van der Waals surface area contributed by atoms with E-state index in [2.05, 4.69) is 22.0 Å². The van der Waals surface area contributed by atoms with E-state index in [0.717, 1.165) is 5.56 Å². The first-order valence-electron chi connectivity index (χ1n) is 13.9. The predicted molar refractivity (Wildman–Crippen MR) is 167 cm³/mol. The Kier molecular flexibility index (Phi) is 8.15. The van der Waals surface area contributed by atoms with Gasteiger partial charge in [0.05, 0.1) is 10.4 Å². The number of hydrogen-bond acceptors (Lipinski definition) is 9. The molecule has 0 saturated carbocycles. The van der Waals surface area contributed by atoms with Crippen LogP contribution in [0, 0.1) is 12.7 Å². The highest BCUT2D eigenvalue weighted by atomic mass is 35.5. The van der Waals surface area contributed by atoms with Crippen LogP contribution in [-0.2, 0) is 9.59 Å². The lowest BCUT2D eigenvalue weighted by Crippen LogP contribution is -2.58. The standard InChI is InChI=1S/C30H34ClFN8O3/c1-7-21(41)39-13-17(4)40(14-16(39)3)29-18-12-19(31)24(23-15(2)8-9-20-25(23)28(33)37-43-20)26(32)27(18)35-30(36-29)34-11-10-22(42)38(5)6/h7-9,12,16-17H,1,10-11,13-14H2,2-6H3,(H2,33,37)(H,34,35,36)/t16-,17+/m1/s1. The second-order valence-corrected chi connectivity index (χ2v) is 11.4. The van der Waals surface area contributed by atoms with Gasteiger partial charge >= 0.3 is 0 Å². The van der Waals surface area contributed by atoms with Gasteiger partial charge in [0.15, 0.2) is 17.2 Å². The molecular weight excluding hydrogens is 575 g/mol. The number of carbonyl (C=O) groups excluding carboxylic acids is 2. The van der Waals surface area contributed by atoms with Gasteiger partial charge < -0.3 is 30.3 Å². The summed E-state index contributed by atoms with van der Waals surface area (Å²) in [5.74, 6) is -0.149. The van der Waals surface area contributed by atoms with Gasteiger partial charge in [-0.05, 0) is 44.5 Å². The number of nitrogens with one attached hydrogen (secondary N) is 1. The van der Waals surface area contributed by atoms with Crippen molar-refractivity contribution in [2.75, 3.05) is 49.7 Å². The monoisotopic (exact) mass is 608 g/mol. The topological polar surface area (TPSA) is 134 Å². The molecule has 4 aromatic rings. The summed E-state index contributed by atoms with van der Waals surface area (Å²) < 4.78 is 22.1. The molecule has 0 spiro atoms. The van der Waals surface area contributed by atoms with Crippen molar-refractivity contribution < 1.29 is 18.5 Å². The smallest absolute Gasteiger partial charge is 0.246 e. The fraction of sp³-hybridized carbons (Fsp3) is 0.367. The Bertz CT molecular complexity index is 1760. The van der Waals surface area contributed by atoms with E-state index in [1.807, 2.05) is 25.7 Å². The second kappa shape index (κ2) is 11.7. The van der Waals surface area contributed by atoms with E-state index in [-0.39, 0.29) is 64.7 Å². The van der Waals surface area contributed by atoms with Crippen molar-refractivity contribution in [1.82, 2.24) is 24.9 Å². The number of anilines is 3. The molecule has 1 saturated heterocycles. The first kappa shape index (κ1) is 30.0. The molecule has 43 heavy (non-hydrogen) atoms. The summed E-state index contributed by atoms with van der Waals surface area (Å²) in [6, 6.07) is 4.83. The Morgan fingerprint density at radius 3 is 2.67 bits per heavy atom. The van der Waals surface area contributed by atoms with Crippen LogP contribution in [0.15, 0.2) is 35.4 Å². The van der Waals surface area contributed by atoms with Gasteiger partial charge in [0.2, 0.25) is 17.8 Å². The maximum absolute atomic E-state index is 16.8. The largest absolute Gasteiger partial charge is 0.380 e. The zero-order valence-corrected chi connectivity index (χ0v) is 25.5. The van der Waals surface area contributed by atoms with Gasteiger partial charge in [-0.2, -0.15) is 4.98 Å². The van der Waals surface area contributed by atoms with Crippen molar-refractivity contribution in [3.63, 3.8) is 0 Å². The molecule has 0 unspecified atom stereocenters. The Morgan fingerprint density at radius 2 is 1.98 bits per heavy atom. The zero-order valence-electron chi connectivity index (χ0n) is 24.7. The number of nitrogen functional groups attached to an aromatic ring is 1. The summed E-state index contributed by atoms with van der Waals surface area (Å²) >= 11 is 6.85. The molecule has 0 aliphatic carbocycles. The zero-order chi connectivity index (χ0) is 31.2. The summed E-state index contributed by atoms with van der Waals surface area (Å²) in [4.78, 5) is 39.3. The minimum atomic E-state index is -0.657. The lowest BCUT2D eigenvalue weighted by Gasteiger charge is -2.44. The fourth-order valence-corrected chi connectivity index (χ4v) is 5.83. The molecular formula is C30H34ClFN8O3. The molecule has 1 aliphatic rings. The fourth-order valence-electron chi connectivity index (χ4n) is 5.54. The highest BCUT2D eigenvalue weighted by molar-refractivity contribution is 6.35. The molecule has 11 nitrogen and oxygen atoms in total. The minimum absolute atomic E-state index is 0.0433. The molecule has 0 radical (unpaired) electrons. The lowest BCUT2D eigenvalue weighted by atomic mass is 9.94. The number of aromatic nitrogens is 3. The van der Waals surface area contributed by atoms with Crippen LogP contribution < -0.4 is 16.0 Å². The van der Waals surface area contributed by atoms with Crippen molar-refractivity contribution in [2.45, 2.75) is 39.3 Å². The molecule has 2 aromatic carbocycles. The average Bonchev–Trinajstić information content (AvgIpc) is 3.35.